The molecule has 13 heavy (non-hydrogen) atoms. The SMILES string of the molecule is O=C(O)c1cc2ccncc2n1Cl. The number of aromatic carboxylic acids is 1. The predicted octanol–water partition coefficient (Wildman–Crippen LogP) is 1.74. The smallest absolute Gasteiger partial charge is 0.353 e. The number of carboxylic acid groups (broad SMARTS) is 1. The number of carbonyl (C=O) groups is 1. The van der Waals surface area contributed by atoms with Crippen molar-refractivity contribution in [1.82, 2.24) is 9.07 Å². The number of carboxylic acids is 1. The molecule has 1 N–H and O–H groups in total. The zero-order chi connectivity index (χ0) is 9.42. The fourth-order valence-electron chi connectivity index (χ4n) is 1.16. The third kappa shape index (κ3) is 1.15. The van der Waals surface area contributed by atoms with E-state index in [-0.39, 0.29) is 5.69 Å². The van der Waals surface area contributed by atoms with Gasteiger partial charge in [-0.05, 0) is 12.1 Å². The number of fused-ring (bicyclic) bond motifs is 1. The Morgan fingerprint density at radius 2 is 2.38 bits per heavy atom. The van der Waals surface area contributed by atoms with Crippen LogP contribution >= 0.6 is 11.8 Å². The molecule has 0 aliphatic carbocycles. The number of halogens is 1. The first-order chi connectivity index (χ1) is 6.20. The maximum Gasteiger partial charge on any atom is 0.353 e. The highest BCUT2D eigenvalue weighted by Crippen LogP contribution is 2.19. The minimum Gasteiger partial charge on any atom is -0.477 e. The summed E-state index contributed by atoms with van der Waals surface area (Å²) in [5.74, 6) is -1.05. The van der Waals surface area contributed by atoms with Crippen molar-refractivity contribution in [3.63, 3.8) is 0 Å². The Labute approximate surface area is 78.5 Å². The summed E-state index contributed by atoms with van der Waals surface area (Å²) < 4.78 is 1.09. The number of nitrogens with zero attached hydrogens (tertiary/aromatic N) is 2. The van der Waals surface area contributed by atoms with Gasteiger partial charge in [0.05, 0.1) is 11.7 Å². The summed E-state index contributed by atoms with van der Waals surface area (Å²) in [6.45, 7) is 0. The Bertz CT molecular complexity index is 478. The second-order valence-electron chi connectivity index (χ2n) is 2.55. The molecule has 0 saturated carbocycles. The van der Waals surface area contributed by atoms with Crippen LogP contribution in [0.25, 0.3) is 10.9 Å². The number of hydrogen-bond donors (Lipinski definition) is 1. The number of rotatable bonds is 1. The molecule has 2 aromatic rings. The summed E-state index contributed by atoms with van der Waals surface area (Å²) >= 11 is 5.75. The topological polar surface area (TPSA) is 55.1 Å². The maximum atomic E-state index is 10.7. The van der Waals surface area contributed by atoms with Gasteiger partial charge in [-0.15, -0.1) is 0 Å². The van der Waals surface area contributed by atoms with Crippen LogP contribution in [0.2, 0.25) is 0 Å². The van der Waals surface area contributed by atoms with Crippen LogP contribution in [0.1, 0.15) is 10.5 Å². The highest BCUT2D eigenvalue weighted by molar-refractivity contribution is 6.21. The van der Waals surface area contributed by atoms with E-state index in [1.807, 2.05) is 0 Å². The van der Waals surface area contributed by atoms with Crippen LogP contribution in [0, 0.1) is 0 Å². The van der Waals surface area contributed by atoms with E-state index in [1.165, 1.54) is 12.3 Å². The Hall–Kier alpha value is -1.55. The molecule has 0 spiro atoms. The quantitative estimate of drug-likeness (QED) is 0.756. The van der Waals surface area contributed by atoms with Crippen molar-refractivity contribution in [1.29, 1.82) is 0 Å². The summed E-state index contributed by atoms with van der Waals surface area (Å²) in [7, 11) is 0. The van der Waals surface area contributed by atoms with Crippen molar-refractivity contribution in [3.05, 3.63) is 30.2 Å². The molecule has 2 heterocycles. The lowest BCUT2D eigenvalue weighted by atomic mass is 10.3. The van der Waals surface area contributed by atoms with E-state index in [9.17, 15) is 4.79 Å². The predicted molar refractivity (Wildman–Crippen MR) is 47.9 cm³/mol. The molecule has 0 radical (unpaired) electrons. The third-order valence-electron chi connectivity index (χ3n) is 1.77. The van der Waals surface area contributed by atoms with Gasteiger partial charge in [0.15, 0.2) is 0 Å². The van der Waals surface area contributed by atoms with Gasteiger partial charge >= 0.3 is 5.97 Å². The fourth-order valence-corrected chi connectivity index (χ4v) is 1.42. The van der Waals surface area contributed by atoms with Gasteiger partial charge in [0, 0.05) is 23.4 Å². The molecule has 2 aromatic heterocycles. The molecule has 0 saturated heterocycles. The van der Waals surface area contributed by atoms with Crippen molar-refractivity contribution in [2.75, 3.05) is 0 Å². The summed E-state index contributed by atoms with van der Waals surface area (Å²) in [5, 5.41) is 9.51. The van der Waals surface area contributed by atoms with Crippen molar-refractivity contribution in [2.24, 2.45) is 0 Å². The van der Waals surface area contributed by atoms with E-state index in [4.69, 9.17) is 16.9 Å². The fraction of sp³-hybridized carbons (Fsp3) is 0. The van der Waals surface area contributed by atoms with Gasteiger partial charge in [0.2, 0.25) is 0 Å². The molecular formula is C8H5ClN2O2. The van der Waals surface area contributed by atoms with Crippen LogP contribution in [0.3, 0.4) is 0 Å². The summed E-state index contributed by atoms with van der Waals surface area (Å²) in [6, 6.07) is 3.22. The summed E-state index contributed by atoms with van der Waals surface area (Å²) in [6.07, 6.45) is 3.11. The third-order valence-corrected chi connectivity index (χ3v) is 2.13. The minimum atomic E-state index is -1.05. The highest BCUT2D eigenvalue weighted by Gasteiger charge is 2.12. The Kier molecular flexibility index (Phi) is 1.70. The largest absolute Gasteiger partial charge is 0.477 e. The van der Waals surface area contributed by atoms with E-state index in [0.717, 1.165) is 9.47 Å². The second-order valence-corrected chi connectivity index (χ2v) is 2.89. The number of aromatic nitrogens is 2. The van der Waals surface area contributed by atoms with Crippen LogP contribution in [0.5, 0.6) is 0 Å². The maximum absolute atomic E-state index is 10.7. The number of hydrogen-bond acceptors (Lipinski definition) is 2. The average molecular weight is 197 g/mol. The van der Waals surface area contributed by atoms with Gasteiger partial charge in [0.25, 0.3) is 0 Å². The monoisotopic (exact) mass is 196 g/mol. The first-order valence-electron chi connectivity index (χ1n) is 3.55. The summed E-state index contributed by atoms with van der Waals surface area (Å²) in [5.41, 5.74) is 0.645. The molecule has 0 atom stereocenters. The van der Waals surface area contributed by atoms with Gasteiger partial charge in [-0.1, -0.05) is 0 Å². The van der Waals surface area contributed by atoms with Crippen LogP contribution in [0.4, 0.5) is 0 Å². The second kappa shape index (κ2) is 2.74. The molecule has 0 unspecified atom stereocenters. The minimum absolute atomic E-state index is 0.0460. The Morgan fingerprint density at radius 1 is 1.62 bits per heavy atom. The van der Waals surface area contributed by atoms with Crippen molar-refractivity contribution < 1.29 is 9.90 Å². The van der Waals surface area contributed by atoms with Crippen LogP contribution in [0.15, 0.2) is 24.5 Å². The zero-order valence-electron chi connectivity index (χ0n) is 6.44. The lowest BCUT2D eigenvalue weighted by Gasteiger charge is -1.93. The van der Waals surface area contributed by atoms with Gasteiger partial charge in [-0.2, -0.15) is 0 Å². The summed E-state index contributed by atoms with van der Waals surface area (Å²) in [4.78, 5) is 14.5. The average Bonchev–Trinajstić information content (AvgIpc) is 2.45. The zero-order valence-corrected chi connectivity index (χ0v) is 7.19. The highest BCUT2D eigenvalue weighted by atomic mass is 35.5. The normalized spacial score (nSPS) is 10.5. The van der Waals surface area contributed by atoms with Crippen molar-refractivity contribution in [2.45, 2.75) is 0 Å². The molecule has 0 amide bonds. The molecule has 0 aliphatic heterocycles. The molecule has 0 fully saturated rings. The number of pyridine rings is 1. The molecule has 2 rings (SSSR count). The molecule has 5 heteroatoms. The molecule has 0 aromatic carbocycles. The van der Waals surface area contributed by atoms with Crippen LogP contribution < -0.4 is 0 Å². The van der Waals surface area contributed by atoms with E-state index >= 15 is 0 Å². The first kappa shape index (κ1) is 8.07. The molecule has 4 nitrogen and oxygen atoms in total. The standard InChI is InChI=1S/C8H5ClN2O2/c9-11-6(8(12)13)3-5-1-2-10-4-7(5)11/h1-4H,(H,12,13). The van der Waals surface area contributed by atoms with Crippen molar-refractivity contribution >= 4 is 28.6 Å². The molecule has 0 bridgehead atoms. The van der Waals surface area contributed by atoms with Gasteiger partial charge in [0.1, 0.15) is 5.69 Å². The van der Waals surface area contributed by atoms with E-state index < -0.39 is 5.97 Å². The van der Waals surface area contributed by atoms with Gasteiger partial charge in [-0.25, -0.2) is 8.88 Å². The van der Waals surface area contributed by atoms with Crippen LogP contribution in [-0.2, 0) is 0 Å². The molecule has 0 aliphatic rings. The van der Waals surface area contributed by atoms with E-state index in [2.05, 4.69) is 4.98 Å². The first-order valence-corrected chi connectivity index (χ1v) is 3.89. The van der Waals surface area contributed by atoms with Crippen LogP contribution in [-0.4, -0.2) is 20.1 Å². The van der Waals surface area contributed by atoms with E-state index in [1.54, 1.807) is 12.3 Å². The Morgan fingerprint density at radius 3 is 3.00 bits per heavy atom. The lowest BCUT2D eigenvalue weighted by Crippen LogP contribution is -1.99. The van der Waals surface area contributed by atoms with Gasteiger partial charge in [-0.3, -0.25) is 4.98 Å². The lowest BCUT2D eigenvalue weighted by molar-refractivity contribution is 0.0690. The van der Waals surface area contributed by atoms with E-state index in [0.29, 0.717) is 5.52 Å². The molecular weight excluding hydrogens is 192 g/mol. The Balaban J connectivity index is 2.81. The van der Waals surface area contributed by atoms with Gasteiger partial charge < -0.3 is 5.11 Å². The molecule has 66 valence electrons. The van der Waals surface area contributed by atoms with Crippen molar-refractivity contribution in [3.8, 4) is 0 Å².